The van der Waals surface area contributed by atoms with Crippen molar-refractivity contribution in [1.29, 1.82) is 0 Å². The molecule has 2 aromatic carbocycles. The van der Waals surface area contributed by atoms with E-state index in [4.69, 9.17) is 9.47 Å². The van der Waals surface area contributed by atoms with Crippen molar-refractivity contribution in [2.45, 2.75) is 25.3 Å². The van der Waals surface area contributed by atoms with Crippen LogP contribution in [0.15, 0.2) is 48.5 Å². The highest BCUT2D eigenvalue weighted by Crippen LogP contribution is 2.32. The summed E-state index contributed by atoms with van der Waals surface area (Å²) in [7, 11) is 1.64. The molecule has 11 nitrogen and oxygen atoms in total. The number of aryl methyl sites for hydroxylation is 1. The van der Waals surface area contributed by atoms with Gasteiger partial charge in [-0.15, -0.1) is 5.10 Å². The Morgan fingerprint density at radius 2 is 1.89 bits per heavy atom. The second-order valence-corrected chi connectivity index (χ2v) is 9.30. The zero-order chi connectivity index (χ0) is 26.5. The quantitative estimate of drug-likeness (QED) is 0.483. The predicted molar refractivity (Wildman–Crippen MR) is 138 cm³/mol. The molecule has 1 atom stereocenters. The number of hydrogen-bond acceptors (Lipinski definition) is 7. The van der Waals surface area contributed by atoms with Crippen LogP contribution in [-0.2, 0) is 27.2 Å². The van der Waals surface area contributed by atoms with Gasteiger partial charge in [0, 0.05) is 33.0 Å². The second kappa shape index (κ2) is 11.4. The van der Waals surface area contributed by atoms with Crippen LogP contribution in [0.3, 0.4) is 0 Å². The molecule has 1 aromatic heterocycles. The van der Waals surface area contributed by atoms with Gasteiger partial charge in [-0.2, -0.15) is 0 Å². The summed E-state index contributed by atoms with van der Waals surface area (Å²) >= 11 is 0. The molecule has 0 aliphatic carbocycles. The molecule has 11 heteroatoms. The summed E-state index contributed by atoms with van der Waals surface area (Å²) in [4.78, 5) is 46.1. The number of aromatic amines is 1. The Morgan fingerprint density at radius 1 is 1.11 bits per heavy atom. The highest BCUT2D eigenvalue weighted by atomic mass is 16.5. The molecule has 1 unspecified atom stereocenters. The van der Waals surface area contributed by atoms with Crippen LogP contribution in [0, 0.1) is 0 Å². The number of hydrogen-bond donors (Lipinski definition) is 2. The van der Waals surface area contributed by atoms with Gasteiger partial charge in [-0.3, -0.25) is 19.5 Å². The van der Waals surface area contributed by atoms with E-state index in [1.54, 1.807) is 13.1 Å². The predicted octanol–water partition coefficient (Wildman–Crippen LogP) is 1.34. The number of benzene rings is 2. The van der Waals surface area contributed by atoms with Crippen molar-refractivity contribution < 1.29 is 23.9 Å². The van der Waals surface area contributed by atoms with Crippen molar-refractivity contribution >= 4 is 23.4 Å². The smallest absolute Gasteiger partial charge is 0.291 e. The van der Waals surface area contributed by atoms with Crippen LogP contribution in [0.25, 0.3) is 0 Å². The first kappa shape index (κ1) is 25.4. The molecule has 0 spiro atoms. The van der Waals surface area contributed by atoms with E-state index in [0.29, 0.717) is 62.8 Å². The van der Waals surface area contributed by atoms with E-state index in [1.807, 2.05) is 47.4 Å². The van der Waals surface area contributed by atoms with Gasteiger partial charge in [-0.05, 0) is 29.7 Å². The topological polar surface area (TPSA) is 130 Å². The molecular weight excluding hydrogens is 488 g/mol. The number of morpholine rings is 1. The molecule has 38 heavy (non-hydrogen) atoms. The number of carbonyl (C=O) groups is 3. The number of ether oxygens (including phenoxy) is 2. The van der Waals surface area contributed by atoms with Gasteiger partial charge < -0.3 is 24.6 Å². The van der Waals surface area contributed by atoms with Crippen LogP contribution in [-0.4, -0.2) is 83.8 Å². The van der Waals surface area contributed by atoms with Gasteiger partial charge in [0.2, 0.25) is 11.7 Å². The Hall–Kier alpha value is -4.25. The van der Waals surface area contributed by atoms with E-state index in [9.17, 15) is 14.4 Å². The number of likely N-dealkylation sites (N-methyl/N-ethyl adjacent to an activating group) is 1. The maximum absolute atomic E-state index is 13.2. The number of nitrogens with zero attached hydrogens (tertiary/aromatic N) is 4. The number of H-pyrrole nitrogens is 1. The van der Waals surface area contributed by atoms with Crippen LogP contribution >= 0.6 is 0 Å². The van der Waals surface area contributed by atoms with Gasteiger partial charge in [0.15, 0.2) is 0 Å². The normalized spacial score (nSPS) is 17.4. The van der Waals surface area contributed by atoms with Crippen molar-refractivity contribution in [3.05, 3.63) is 71.3 Å². The van der Waals surface area contributed by atoms with Crippen molar-refractivity contribution in [3.63, 3.8) is 0 Å². The van der Waals surface area contributed by atoms with Crippen LogP contribution < -0.4 is 15.0 Å². The highest BCUT2D eigenvalue weighted by molar-refractivity contribution is 6.02. The lowest BCUT2D eigenvalue weighted by atomic mass is 10.1. The molecule has 0 saturated carbocycles. The van der Waals surface area contributed by atoms with E-state index >= 15 is 0 Å². The fraction of sp³-hybridized carbons (Fsp3) is 0.370. The molecule has 1 fully saturated rings. The fourth-order valence-electron chi connectivity index (χ4n) is 4.51. The molecule has 3 aromatic rings. The van der Waals surface area contributed by atoms with Crippen LogP contribution in [0.2, 0.25) is 0 Å². The average Bonchev–Trinajstić information content (AvgIpc) is 3.39. The van der Waals surface area contributed by atoms with Gasteiger partial charge in [0.05, 0.1) is 18.9 Å². The molecule has 2 aliphatic heterocycles. The van der Waals surface area contributed by atoms with Gasteiger partial charge in [0.1, 0.15) is 24.2 Å². The summed E-state index contributed by atoms with van der Waals surface area (Å²) < 4.78 is 11.2. The molecule has 1 saturated heterocycles. The van der Waals surface area contributed by atoms with Crippen molar-refractivity contribution in [3.8, 4) is 5.75 Å². The minimum atomic E-state index is -0.915. The molecule has 0 radical (unpaired) electrons. The minimum absolute atomic E-state index is 0.0297. The van der Waals surface area contributed by atoms with Gasteiger partial charge in [-0.1, -0.05) is 36.4 Å². The summed E-state index contributed by atoms with van der Waals surface area (Å²) in [6.07, 6.45) is 1.42. The molecule has 198 valence electrons. The molecular formula is C27H30N6O5. The Kier molecular flexibility index (Phi) is 7.64. The van der Waals surface area contributed by atoms with Crippen LogP contribution in [0.4, 0.5) is 5.69 Å². The second-order valence-electron chi connectivity index (χ2n) is 9.30. The Balaban J connectivity index is 1.20. The number of anilines is 1. The largest absolute Gasteiger partial charge is 0.489 e. The maximum atomic E-state index is 13.2. The Bertz CT molecular complexity index is 1300. The lowest BCUT2D eigenvalue weighted by Gasteiger charge is -2.27. The van der Waals surface area contributed by atoms with Crippen molar-refractivity contribution in [2.24, 2.45) is 0 Å². The van der Waals surface area contributed by atoms with Crippen molar-refractivity contribution in [1.82, 2.24) is 25.4 Å². The molecule has 2 aliphatic rings. The minimum Gasteiger partial charge on any atom is -0.489 e. The summed E-state index contributed by atoms with van der Waals surface area (Å²) in [5.74, 6) is 0.242. The van der Waals surface area contributed by atoms with Gasteiger partial charge in [-0.25, -0.2) is 4.98 Å². The Labute approximate surface area is 220 Å². The average molecular weight is 519 g/mol. The third-order valence-corrected chi connectivity index (χ3v) is 6.66. The van der Waals surface area contributed by atoms with E-state index in [0.717, 1.165) is 11.1 Å². The number of rotatable bonds is 7. The fourth-order valence-corrected chi connectivity index (χ4v) is 4.51. The number of nitrogens with one attached hydrogen (secondary N) is 2. The number of carbonyl (C=O) groups excluding carboxylic acids is 3. The number of aromatic nitrogens is 3. The SMILES string of the molecule is CN1C(=O)C(NC(=O)c2n[nH]c(Cc3ccccc3)n2)COc2ccc(CCC(=O)N3CCOCC3)cc21. The summed E-state index contributed by atoms with van der Waals surface area (Å²) in [5.41, 5.74) is 2.54. The number of amides is 3. The summed E-state index contributed by atoms with van der Waals surface area (Å²) in [5, 5.41) is 9.49. The molecule has 3 heterocycles. The lowest BCUT2D eigenvalue weighted by Crippen LogP contribution is -2.49. The lowest BCUT2D eigenvalue weighted by molar-refractivity contribution is -0.135. The molecule has 3 amide bonds. The number of fused-ring (bicyclic) bond motifs is 1. The monoisotopic (exact) mass is 518 g/mol. The maximum Gasteiger partial charge on any atom is 0.291 e. The van der Waals surface area contributed by atoms with Crippen molar-refractivity contribution in [2.75, 3.05) is 44.9 Å². The van der Waals surface area contributed by atoms with E-state index in [2.05, 4.69) is 20.5 Å². The standard InChI is InChI=1S/C27H30N6O5/c1-32-21-15-19(8-10-24(34)33-11-13-37-14-12-33)7-9-22(21)38-17-20(27(32)36)28-26(35)25-29-23(30-31-25)16-18-5-3-2-4-6-18/h2-7,9,15,20H,8,10-14,16-17H2,1H3,(H,28,35)(H,29,30,31). The van der Waals surface area contributed by atoms with E-state index in [-0.39, 0.29) is 24.2 Å². The first-order valence-electron chi connectivity index (χ1n) is 12.6. The first-order valence-corrected chi connectivity index (χ1v) is 12.6. The summed E-state index contributed by atoms with van der Waals surface area (Å²) in [6, 6.07) is 14.3. The zero-order valence-corrected chi connectivity index (χ0v) is 21.2. The van der Waals surface area contributed by atoms with E-state index in [1.165, 1.54) is 4.90 Å². The summed E-state index contributed by atoms with van der Waals surface area (Å²) in [6.45, 7) is 2.33. The highest BCUT2D eigenvalue weighted by Gasteiger charge is 2.32. The van der Waals surface area contributed by atoms with E-state index < -0.39 is 11.9 Å². The molecule has 2 N–H and O–H groups in total. The first-order chi connectivity index (χ1) is 18.5. The molecule has 5 rings (SSSR count). The van der Waals surface area contributed by atoms with Gasteiger partial charge in [0.25, 0.3) is 11.8 Å². The van der Waals surface area contributed by atoms with Crippen LogP contribution in [0.5, 0.6) is 5.75 Å². The zero-order valence-electron chi connectivity index (χ0n) is 21.2. The van der Waals surface area contributed by atoms with Crippen LogP contribution in [0.1, 0.15) is 34.0 Å². The van der Waals surface area contributed by atoms with Gasteiger partial charge >= 0.3 is 0 Å². The molecule has 0 bridgehead atoms. The Morgan fingerprint density at radius 3 is 2.68 bits per heavy atom. The third-order valence-electron chi connectivity index (χ3n) is 6.66. The third kappa shape index (κ3) is 5.83.